The fraction of sp³-hybridized carbons (Fsp3) is 0.357. The molecular weight excluding hydrogens is 200 g/mol. The number of ketones is 1. The average molecular weight is 218 g/mol. The van der Waals surface area contributed by atoms with E-state index in [1.807, 2.05) is 38.1 Å². The smallest absolute Gasteiger partial charge is 0.165 e. The number of hydrogen-bond acceptors (Lipinski definition) is 2. The van der Waals surface area contributed by atoms with Crippen LogP contribution < -0.4 is 0 Å². The van der Waals surface area contributed by atoms with Crippen LogP contribution in [0.15, 0.2) is 42.5 Å². The molecule has 0 amide bonds. The van der Waals surface area contributed by atoms with Crippen molar-refractivity contribution in [1.29, 1.82) is 0 Å². The van der Waals surface area contributed by atoms with Gasteiger partial charge in [0.1, 0.15) is 0 Å². The van der Waals surface area contributed by atoms with Crippen molar-refractivity contribution in [3.05, 3.63) is 48.0 Å². The maximum atomic E-state index is 11.7. The Morgan fingerprint density at radius 2 is 1.88 bits per heavy atom. The van der Waals surface area contributed by atoms with Gasteiger partial charge in [-0.25, -0.2) is 0 Å². The second-order valence-electron chi connectivity index (χ2n) is 4.19. The van der Waals surface area contributed by atoms with Gasteiger partial charge in [-0.2, -0.15) is 0 Å². The summed E-state index contributed by atoms with van der Waals surface area (Å²) in [4.78, 5) is 11.7. The van der Waals surface area contributed by atoms with Gasteiger partial charge < -0.3 is 5.11 Å². The van der Waals surface area contributed by atoms with Crippen molar-refractivity contribution >= 4 is 5.78 Å². The van der Waals surface area contributed by atoms with E-state index in [0.717, 1.165) is 0 Å². The average Bonchev–Trinajstić information content (AvgIpc) is 2.27. The van der Waals surface area contributed by atoms with Crippen molar-refractivity contribution in [2.45, 2.75) is 26.4 Å². The standard InChI is InChI=1S/C14H18O2/c1-11(2)8-9-13(15)10-14(16)12-6-4-3-5-7-12/h3-9,11,13,15H,10H2,1-2H3/b9-8+/t13-/m0/s1. The van der Waals surface area contributed by atoms with Gasteiger partial charge in [-0.1, -0.05) is 56.3 Å². The van der Waals surface area contributed by atoms with Gasteiger partial charge in [0.25, 0.3) is 0 Å². The number of carbonyl (C=O) groups excluding carboxylic acids is 1. The molecule has 0 saturated heterocycles. The normalized spacial score (nSPS) is 13.2. The van der Waals surface area contributed by atoms with Crippen molar-refractivity contribution in [3.8, 4) is 0 Å². The topological polar surface area (TPSA) is 37.3 Å². The molecule has 1 aromatic rings. The molecule has 1 atom stereocenters. The first-order valence-electron chi connectivity index (χ1n) is 5.54. The van der Waals surface area contributed by atoms with Gasteiger partial charge in [-0.05, 0) is 5.92 Å². The lowest BCUT2D eigenvalue weighted by molar-refractivity contribution is 0.0922. The number of allylic oxidation sites excluding steroid dienone is 1. The fourth-order valence-electron chi connectivity index (χ4n) is 1.35. The minimum absolute atomic E-state index is 0.0264. The van der Waals surface area contributed by atoms with Gasteiger partial charge >= 0.3 is 0 Å². The van der Waals surface area contributed by atoms with E-state index < -0.39 is 6.10 Å². The van der Waals surface area contributed by atoms with Crippen LogP contribution >= 0.6 is 0 Å². The van der Waals surface area contributed by atoms with Gasteiger partial charge in [0.2, 0.25) is 0 Å². The number of benzene rings is 1. The highest BCUT2D eigenvalue weighted by Gasteiger charge is 2.09. The number of aliphatic hydroxyl groups excluding tert-OH is 1. The second-order valence-corrected chi connectivity index (χ2v) is 4.19. The summed E-state index contributed by atoms with van der Waals surface area (Å²) in [5.41, 5.74) is 0.652. The summed E-state index contributed by atoms with van der Waals surface area (Å²) in [5.74, 6) is 0.364. The number of rotatable bonds is 5. The summed E-state index contributed by atoms with van der Waals surface area (Å²) in [6.07, 6.45) is 3.05. The Morgan fingerprint density at radius 1 is 1.25 bits per heavy atom. The van der Waals surface area contributed by atoms with Crippen LogP contribution in [0.4, 0.5) is 0 Å². The molecule has 2 heteroatoms. The monoisotopic (exact) mass is 218 g/mol. The van der Waals surface area contributed by atoms with Crippen LogP contribution in [0.2, 0.25) is 0 Å². The van der Waals surface area contributed by atoms with Crippen LogP contribution in [0.25, 0.3) is 0 Å². The Balaban J connectivity index is 2.52. The zero-order valence-electron chi connectivity index (χ0n) is 9.76. The molecule has 0 aliphatic carbocycles. The Bertz CT molecular complexity index is 352. The fourth-order valence-corrected chi connectivity index (χ4v) is 1.35. The molecule has 0 heterocycles. The number of hydrogen-bond donors (Lipinski definition) is 1. The third kappa shape index (κ3) is 4.41. The predicted molar refractivity (Wildman–Crippen MR) is 65.4 cm³/mol. The summed E-state index contributed by atoms with van der Waals surface area (Å²) >= 11 is 0. The molecule has 0 aromatic heterocycles. The lowest BCUT2D eigenvalue weighted by Gasteiger charge is -2.05. The molecular formula is C14H18O2. The van der Waals surface area contributed by atoms with E-state index in [9.17, 15) is 9.90 Å². The van der Waals surface area contributed by atoms with Crippen LogP contribution in [-0.2, 0) is 0 Å². The molecule has 1 rings (SSSR count). The summed E-state index contributed by atoms with van der Waals surface area (Å²) in [6, 6.07) is 9.04. The highest BCUT2D eigenvalue weighted by Crippen LogP contribution is 2.07. The van der Waals surface area contributed by atoms with Crippen molar-refractivity contribution in [1.82, 2.24) is 0 Å². The quantitative estimate of drug-likeness (QED) is 0.609. The van der Waals surface area contributed by atoms with E-state index in [1.54, 1.807) is 18.2 Å². The van der Waals surface area contributed by atoms with Crippen LogP contribution in [0.5, 0.6) is 0 Å². The minimum Gasteiger partial charge on any atom is -0.389 e. The van der Waals surface area contributed by atoms with Crippen LogP contribution in [0, 0.1) is 5.92 Å². The second kappa shape index (κ2) is 6.23. The molecule has 0 unspecified atom stereocenters. The molecule has 0 bridgehead atoms. The maximum absolute atomic E-state index is 11.7. The van der Waals surface area contributed by atoms with Crippen LogP contribution in [0.3, 0.4) is 0 Å². The molecule has 0 spiro atoms. The molecule has 86 valence electrons. The number of carbonyl (C=O) groups is 1. The highest BCUT2D eigenvalue weighted by atomic mass is 16.3. The summed E-state index contributed by atoms with van der Waals surface area (Å²) in [7, 11) is 0. The molecule has 1 N–H and O–H groups in total. The van der Waals surface area contributed by atoms with E-state index in [2.05, 4.69) is 0 Å². The van der Waals surface area contributed by atoms with Crippen molar-refractivity contribution in [2.24, 2.45) is 5.92 Å². The van der Waals surface area contributed by atoms with E-state index in [0.29, 0.717) is 11.5 Å². The van der Waals surface area contributed by atoms with Crippen LogP contribution in [-0.4, -0.2) is 17.0 Å². The molecule has 0 radical (unpaired) electrons. The largest absolute Gasteiger partial charge is 0.389 e. The SMILES string of the molecule is CC(C)/C=C/[C@H](O)CC(=O)c1ccccc1. The van der Waals surface area contributed by atoms with Gasteiger partial charge in [0, 0.05) is 12.0 Å². The van der Waals surface area contributed by atoms with E-state index >= 15 is 0 Å². The van der Waals surface area contributed by atoms with Gasteiger partial charge in [0.15, 0.2) is 5.78 Å². The van der Waals surface area contributed by atoms with E-state index in [1.165, 1.54) is 0 Å². The van der Waals surface area contributed by atoms with Gasteiger partial charge in [-0.15, -0.1) is 0 Å². The number of aliphatic hydroxyl groups is 1. The first-order valence-corrected chi connectivity index (χ1v) is 5.54. The molecule has 0 aliphatic rings. The Kier molecular flexibility index (Phi) is 4.93. The van der Waals surface area contributed by atoms with Gasteiger partial charge in [-0.3, -0.25) is 4.79 Å². The predicted octanol–water partition coefficient (Wildman–Crippen LogP) is 2.83. The molecule has 0 aliphatic heterocycles. The lowest BCUT2D eigenvalue weighted by Crippen LogP contribution is -2.11. The Morgan fingerprint density at radius 3 is 2.44 bits per heavy atom. The molecule has 1 aromatic carbocycles. The van der Waals surface area contributed by atoms with Crippen molar-refractivity contribution in [2.75, 3.05) is 0 Å². The van der Waals surface area contributed by atoms with Crippen molar-refractivity contribution in [3.63, 3.8) is 0 Å². The Hall–Kier alpha value is -1.41. The van der Waals surface area contributed by atoms with Crippen molar-refractivity contribution < 1.29 is 9.90 Å². The lowest BCUT2D eigenvalue weighted by atomic mass is 10.0. The van der Waals surface area contributed by atoms with Gasteiger partial charge in [0.05, 0.1) is 6.10 Å². The summed E-state index contributed by atoms with van der Waals surface area (Å²) < 4.78 is 0. The zero-order chi connectivity index (χ0) is 12.0. The molecule has 0 fully saturated rings. The molecule has 0 saturated carbocycles. The first-order chi connectivity index (χ1) is 7.59. The minimum atomic E-state index is -0.685. The third-order valence-electron chi connectivity index (χ3n) is 2.21. The first kappa shape index (κ1) is 12.7. The van der Waals surface area contributed by atoms with E-state index in [-0.39, 0.29) is 12.2 Å². The maximum Gasteiger partial charge on any atom is 0.165 e. The Labute approximate surface area is 96.6 Å². The molecule has 2 nitrogen and oxygen atoms in total. The third-order valence-corrected chi connectivity index (χ3v) is 2.21. The number of Topliss-reactive ketones (excluding diaryl/α,β-unsaturated/α-hetero) is 1. The molecule has 16 heavy (non-hydrogen) atoms. The van der Waals surface area contributed by atoms with E-state index in [4.69, 9.17) is 0 Å². The summed E-state index contributed by atoms with van der Waals surface area (Å²) in [6.45, 7) is 4.06. The van der Waals surface area contributed by atoms with Crippen LogP contribution in [0.1, 0.15) is 30.6 Å². The zero-order valence-corrected chi connectivity index (χ0v) is 9.76. The summed E-state index contributed by atoms with van der Waals surface area (Å²) in [5, 5.41) is 9.62. The highest BCUT2D eigenvalue weighted by molar-refractivity contribution is 5.96.